The molecule has 45 heavy (non-hydrogen) atoms. The summed E-state index contributed by atoms with van der Waals surface area (Å²) in [4.78, 5) is 18.0. The lowest BCUT2D eigenvalue weighted by atomic mass is 10.00. The quantitative estimate of drug-likeness (QED) is 0.134. The third kappa shape index (κ3) is 7.18. The first kappa shape index (κ1) is 29.6. The van der Waals surface area contributed by atoms with Gasteiger partial charge >= 0.3 is 0 Å². The molecular weight excluding hydrogens is 564 g/mol. The number of hydrogen-bond acceptors (Lipinski definition) is 8. The van der Waals surface area contributed by atoms with Crippen molar-refractivity contribution in [1.82, 2.24) is 15.2 Å². The third-order valence-electron chi connectivity index (χ3n) is 7.50. The minimum Gasteiger partial charge on any atom is -0.493 e. The number of benzene rings is 4. The number of aryl methyl sites for hydroxylation is 2. The third-order valence-corrected chi connectivity index (χ3v) is 7.50. The average Bonchev–Trinajstić information content (AvgIpc) is 3.73. The first-order valence-corrected chi connectivity index (χ1v) is 15.1. The molecule has 2 aromatic heterocycles. The maximum atomic E-state index is 13.4. The van der Waals surface area contributed by atoms with Gasteiger partial charge in [0.25, 0.3) is 0 Å². The van der Waals surface area contributed by atoms with E-state index in [1.165, 1.54) is 0 Å². The summed E-state index contributed by atoms with van der Waals surface area (Å²) in [6, 6.07) is 34.2. The molecule has 6 rings (SSSR count). The highest BCUT2D eigenvalue weighted by Gasteiger charge is 2.22. The number of rotatable bonds is 13. The Morgan fingerprint density at radius 3 is 2.29 bits per heavy atom. The van der Waals surface area contributed by atoms with Gasteiger partial charge in [-0.3, -0.25) is 4.79 Å². The Labute approximate surface area is 262 Å². The smallest absolute Gasteiger partial charge is 0.238 e. The number of ether oxygens (including phenoxy) is 1. The van der Waals surface area contributed by atoms with Gasteiger partial charge in [-0.25, -0.2) is 4.98 Å². The van der Waals surface area contributed by atoms with Crippen LogP contribution < -0.4 is 10.1 Å². The van der Waals surface area contributed by atoms with Crippen LogP contribution in [-0.2, 0) is 19.3 Å². The number of anilines is 1. The van der Waals surface area contributed by atoms with Crippen molar-refractivity contribution in [2.45, 2.75) is 39.2 Å². The number of nitrogens with one attached hydrogen (secondary N) is 1. The molecule has 0 bridgehead atoms. The molecule has 0 aliphatic heterocycles. The fraction of sp³-hybridized carbons (Fsp3) is 0.189. The van der Waals surface area contributed by atoms with Gasteiger partial charge in [-0.2, -0.15) is 0 Å². The molecule has 4 aromatic carbocycles. The first-order chi connectivity index (χ1) is 22.1. The lowest BCUT2D eigenvalue weighted by molar-refractivity contribution is 0.103. The van der Waals surface area contributed by atoms with Crippen LogP contribution in [0.25, 0.3) is 11.5 Å². The highest BCUT2D eigenvalue weighted by Crippen LogP contribution is 2.28. The van der Waals surface area contributed by atoms with Gasteiger partial charge in [0.2, 0.25) is 17.7 Å². The summed E-state index contributed by atoms with van der Waals surface area (Å²) < 4.78 is 17.9. The summed E-state index contributed by atoms with van der Waals surface area (Å²) in [7, 11) is 0. The summed E-state index contributed by atoms with van der Waals surface area (Å²) in [5.74, 6) is 3.15. The highest BCUT2D eigenvalue weighted by atomic mass is 16.5. The van der Waals surface area contributed by atoms with Crippen LogP contribution in [0.1, 0.15) is 57.7 Å². The van der Waals surface area contributed by atoms with Gasteiger partial charge in [0, 0.05) is 41.6 Å². The number of para-hydroxylation sites is 1. The van der Waals surface area contributed by atoms with E-state index in [2.05, 4.69) is 20.5 Å². The summed E-state index contributed by atoms with van der Waals surface area (Å²) in [6.45, 7) is 4.37. The molecule has 0 aliphatic rings. The lowest BCUT2D eigenvalue weighted by Gasteiger charge is -2.19. The first-order valence-electron chi connectivity index (χ1n) is 15.1. The van der Waals surface area contributed by atoms with Crippen LogP contribution in [0.2, 0.25) is 0 Å². The zero-order valence-electron chi connectivity index (χ0n) is 25.3. The second kappa shape index (κ2) is 13.9. The maximum absolute atomic E-state index is 13.4. The van der Waals surface area contributed by atoms with Crippen LogP contribution in [0, 0.1) is 6.92 Å². The number of carbonyl (C=O) groups is 1. The van der Waals surface area contributed by atoms with Crippen molar-refractivity contribution < 1.29 is 18.4 Å². The molecule has 0 amide bonds. The normalized spacial score (nSPS) is 11.7. The summed E-state index contributed by atoms with van der Waals surface area (Å²) >= 11 is 0. The Morgan fingerprint density at radius 1 is 0.844 bits per heavy atom. The van der Waals surface area contributed by atoms with Gasteiger partial charge in [-0.05, 0) is 48.9 Å². The largest absolute Gasteiger partial charge is 0.493 e. The van der Waals surface area contributed by atoms with Gasteiger partial charge in [0.1, 0.15) is 17.6 Å². The van der Waals surface area contributed by atoms with Crippen molar-refractivity contribution in [1.29, 1.82) is 0 Å². The molecule has 0 radical (unpaired) electrons. The molecule has 0 unspecified atom stereocenters. The molecule has 2 heterocycles. The van der Waals surface area contributed by atoms with Gasteiger partial charge in [0.15, 0.2) is 5.78 Å². The zero-order valence-corrected chi connectivity index (χ0v) is 25.3. The predicted octanol–water partition coefficient (Wildman–Crippen LogP) is 7.84. The molecule has 1 N–H and O–H groups in total. The van der Waals surface area contributed by atoms with Crippen LogP contribution >= 0.6 is 0 Å². The number of ketones is 1. The Hall–Kier alpha value is -5.50. The summed E-state index contributed by atoms with van der Waals surface area (Å²) in [5, 5.41) is 12.0. The van der Waals surface area contributed by atoms with Crippen molar-refractivity contribution in [3.8, 4) is 17.2 Å². The molecule has 0 saturated heterocycles. The topological polar surface area (TPSA) is 103 Å². The Balaban J connectivity index is 1.14. The van der Waals surface area contributed by atoms with E-state index in [9.17, 15) is 4.79 Å². The number of carbonyl (C=O) groups excluding carboxylic acids is 1. The molecule has 1 atom stereocenters. The molecule has 0 fully saturated rings. The molecule has 8 heteroatoms. The molecule has 226 valence electrons. The van der Waals surface area contributed by atoms with Crippen LogP contribution in [0.4, 0.5) is 5.69 Å². The molecule has 6 aromatic rings. The van der Waals surface area contributed by atoms with Crippen LogP contribution in [0.5, 0.6) is 5.75 Å². The summed E-state index contributed by atoms with van der Waals surface area (Å²) in [5.41, 5.74) is 4.78. The van der Waals surface area contributed by atoms with Crippen molar-refractivity contribution in [2.24, 2.45) is 0 Å². The van der Waals surface area contributed by atoms with E-state index in [0.29, 0.717) is 60.4 Å². The van der Waals surface area contributed by atoms with Crippen LogP contribution in [-0.4, -0.2) is 27.6 Å². The van der Waals surface area contributed by atoms with E-state index in [4.69, 9.17) is 13.6 Å². The molecule has 0 saturated carbocycles. The second-order valence-corrected chi connectivity index (χ2v) is 10.7. The Kier molecular flexibility index (Phi) is 9.11. The predicted molar refractivity (Wildman–Crippen MR) is 172 cm³/mol. The standard InChI is InChI=1S/C37H34N4O4/c1-3-34-40-41-37(45-34)33(38-32-17-11-10-16-30(32)35(42)27-12-6-4-7-13-27)24-26-18-20-29(21-19-26)43-23-22-31-25(2)44-36(39-31)28-14-8-5-9-15-28/h4-21,33,38H,3,22-24H2,1-2H3/t33-/m0/s1. The van der Waals surface area contributed by atoms with E-state index in [1.54, 1.807) is 0 Å². The molecule has 0 aliphatic carbocycles. The molecule has 0 spiro atoms. The van der Waals surface area contributed by atoms with E-state index in [0.717, 1.165) is 28.3 Å². The van der Waals surface area contributed by atoms with E-state index >= 15 is 0 Å². The number of aromatic nitrogens is 3. The maximum Gasteiger partial charge on any atom is 0.238 e. The number of nitrogens with zero attached hydrogens (tertiary/aromatic N) is 3. The van der Waals surface area contributed by atoms with Gasteiger partial charge in [0.05, 0.1) is 12.3 Å². The van der Waals surface area contributed by atoms with Crippen molar-refractivity contribution in [3.05, 3.63) is 149 Å². The SMILES string of the molecule is CCc1nnc([C@H](Cc2ccc(OCCc3nc(-c4ccccc4)oc3C)cc2)Nc2ccccc2C(=O)c2ccccc2)o1. The van der Waals surface area contributed by atoms with Crippen LogP contribution in [0.3, 0.4) is 0 Å². The van der Waals surface area contributed by atoms with Gasteiger partial charge in [-0.1, -0.05) is 79.7 Å². The van der Waals surface area contributed by atoms with Gasteiger partial charge in [-0.15, -0.1) is 10.2 Å². The highest BCUT2D eigenvalue weighted by molar-refractivity contribution is 6.12. The Bertz CT molecular complexity index is 1850. The lowest BCUT2D eigenvalue weighted by Crippen LogP contribution is -2.17. The minimum absolute atomic E-state index is 0.0594. The fourth-order valence-electron chi connectivity index (χ4n) is 5.08. The number of hydrogen-bond donors (Lipinski definition) is 1. The molecular formula is C37H34N4O4. The summed E-state index contributed by atoms with van der Waals surface area (Å²) in [6.07, 6.45) is 1.82. The minimum atomic E-state index is -0.358. The second-order valence-electron chi connectivity index (χ2n) is 10.7. The van der Waals surface area contributed by atoms with E-state index in [1.807, 2.05) is 123 Å². The number of oxazole rings is 1. The van der Waals surface area contributed by atoms with Crippen molar-refractivity contribution >= 4 is 11.5 Å². The monoisotopic (exact) mass is 598 g/mol. The molecule has 8 nitrogen and oxygen atoms in total. The fourth-order valence-corrected chi connectivity index (χ4v) is 5.08. The van der Waals surface area contributed by atoms with E-state index < -0.39 is 0 Å². The van der Waals surface area contributed by atoms with Crippen molar-refractivity contribution in [2.75, 3.05) is 11.9 Å². The zero-order chi connectivity index (χ0) is 31.0. The van der Waals surface area contributed by atoms with Crippen LogP contribution in [0.15, 0.2) is 118 Å². The average molecular weight is 599 g/mol. The van der Waals surface area contributed by atoms with Gasteiger partial charge < -0.3 is 18.9 Å². The van der Waals surface area contributed by atoms with Crippen molar-refractivity contribution in [3.63, 3.8) is 0 Å². The van der Waals surface area contributed by atoms with E-state index in [-0.39, 0.29) is 11.8 Å². The Morgan fingerprint density at radius 2 is 1.56 bits per heavy atom.